The highest BCUT2D eigenvalue weighted by atomic mass is 16.5. The molecule has 0 aliphatic heterocycles. The Kier molecular flexibility index (Phi) is 7.77. The molecule has 0 unspecified atom stereocenters. The summed E-state index contributed by atoms with van der Waals surface area (Å²) in [6.07, 6.45) is 0.799. The zero-order valence-electron chi connectivity index (χ0n) is 19.1. The molecular formula is C23H29N3O6. The van der Waals surface area contributed by atoms with Crippen LogP contribution in [0.1, 0.15) is 12.0 Å². The maximum absolute atomic E-state index is 12.9. The van der Waals surface area contributed by atoms with E-state index in [4.69, 9.17) is 23.7 Å². The first-order valence-corrected chi connectivity index (χ1v) is 10.2. The summed E-state index contributed by atoms with van der Waals surface area (Å²) in [6.45, 7) is 1.68. The minimum absolute atomic E-state index is 0.277. The van der Waals surface area contributed by atoms with E-state index in [1.165, 1.54) is 21.3 Å². The fourth-order valence-electron chi connectivity index (χ4n) is 3.43. The number of para-hydroxylation sites is 1. The summed E-state index contributed by atoms with van der Waals surface area (Å²) < 4.78 is 27.2. The molecule has 0 spiro atoms. The van der Waals surface area contributed by atoms with E-state index in [1.807, 2.05) is 36.2 Å². The van der Waals surface area contributed by atoms with Gasteiger partial charge >= 0.3 is 0 Å². The van der Waals surface area contributed by atoms with Gasteiger partial charge in [-0.1, -0.05) is 18.2 Å². The first-order chi connectivity index (χ1) is 15.5. The van der Waals surface area contributed by atoms with Gasteiger partial charge in [-0.25, -0.2) is 4.98 Å². The zero-order chi connectivity index (χ0) is 23.1. The number of anilines is 1. The van der Waals surface area contributed by atoms with E-state index >= 15 is 0 Å². The van der Waals surface area contributed by atoms with Gasteiger partial charge in [-0.2, -0.15) is 0 Å². The second-order valence-electron chi connectivity index (χ2n) is 7.09. The molecule has 3 aromatic rings. The largest absolute Gasteiger partial charge is 0.493 e. The molecule has 3 rings (SSSR count). The third kappa shape index (κ3) is 4.88. The van der Waals surface area contributed by atoms with Crippen LogP contribution in [0.3, 0.4) is 0 Å². The van der Waals surface area contributed by atoms with Gasteiger partial charge in [0.15, 0.2) is 11.5 Å². The smallest absolute Gasteiger partial charge is 0.264 e. The van der Waals surface area contributed by atoms with Gasteiger partial charge < -0.3 is 28.6 Å². The molecule has 0 atom stereocenters. The highest BCUT2D eigenvalue weighted by Gasteiger charge is 2.21. The number of benzene rings is 2. The van der Waals surface area contributed by atoms with Gasteiger partial charge in [0, 0.05) is 45.4 Å². The van der Waals surface area contributed by atoms with E-state index in [1.54, 1.807) is 13.2 Å². The number of fused-ring (bicyclic) bond motifs is 1. The van der Waals surface area contributed by atoms with Crippen LogP contribution in [0.15, 0.2) is 35.1 Å². The van der Waals surface area contributed by atoms with Gasteiger partial charge in [-0.15, -0.1) is 0 Å². The number of nitrogens with one attached hydrogen (secondary N) is 1. The summed E-state index contributed by atoms with van der Waals surface area (Å²) in [4.78, 5) is 22.3. The van der Waals surface area contributed by atoms with Crippen LogP contribution in [0, 0.1) is 0 Å². The standard InChI is InChI=1S/C23H29N3O6/c1-26(14-15-9-6-7-10-17(15)32-12-8-11-28-2)23-24-16-13-18(29-3)20(30-4)21(31-5)19(16)22(27)25-23/h6-7,9-10,13H,8,11-12,14H2,1-5H3,(H,24,25,27). The van der Waals surface area contributed by atoms with Gasteiger partial charge in [-0.3, -0.25) is 9.78 Å². The number of aromatic amines is 1. The monoisotopic (exact) mass is 443 g/mol. The lowest BCUT2D eigenvalue weighted by atomic mass is 10.2. The first-order valence-electron chi connectivity index (χ1n) is 10.2. The van der Waals surface area contributed by atoms with Crippen molar-refractivity contribution >= 4 is 16.9 Å². The van der Waals surface area contributed by atoms with Crippen molar-refractivity contribution in [2.75, 3.05) is 53.6 Å². The van der Waals surface area contributed by atoms with Crippen LogP contribution in [-0.4, -0.2) is 58.7 Å². The highest BCUT2D eigenvalue weighted by Crippen LogP contribution is 2.41. The Hall–Kier alpha value is -3.46. The fraction of sp³-hybridized carbons (Fsp3) is 0.391. The Labute approximate surface area is 186 Å². The molecule has 0 aliphatic rings. The van der Waals surface area contributed by atoms with E-state index in [-0.39, 0.29) is 11.3 Å². The normalized spacial score (nSPS) is 10.8. The number of rotatable bonds is 11. The Morgan fingerprint density at radius 3 is 2.41 bits per heavy atom. The molecule has 1 heterocycles. The maximum atomic E-state index is 12.9. The number of nitrogens with zero attached hydrogens (tertiary/aromatic N) is 2. The zero-order valence-corrected chi connectivity index (χ0v) is 19.1. The third-order valence-corrected chi connectivity index (χ3v) is 4.98. The van der Waals surface area contributed by atoms with E-state index in [9.17, 15) is 4.79 Å². The van der Waals surface area contributed by atoms with Crippen molar-refractivity contribution in [2.24, 2.45) is 0 Å². The van der Waals surface area contributed by atoms with Crippen LogP contribution >= 0.6 is 0 Å². The molecule has 0 radical (unpaired) electrons. The predicted molar refractivity (Wildman–Crippen MR) is 123 cm³/mol. The molecule has 0 saturated heterocycles. The van der Waals surface area contributed by atoms with Crippen molar-refractivity contribution in [3.8, 4) is 23.0 Å². The Morgan fingerprint density at radius 1 is 0.969 bits per heavy atom. The summed E-state index contributed by atoms with van der Waals surface area (Å²) in [5.74, 6) is 2.24. The number of hydrogen-bond donors (Lipinski definition) is 1. The second kappa shape index (κ2) is 10.7. The Morgan fingerprint density at radius 2 is 1.72 bits per heavy atom. The summed E-state index contributed by atoms with van der Waals surface area (Å²) in [5, 5.41) is 0.296. The molecule has 172 valence electrons. The van der Waals surface area contributed by atoms with Gasteiger partial charge in [-0.05, 0) is 6.07 Å². The molecule has 0 bridgehead atoms. The molecule has 9 heteroatoms. The molecule has 0 saturated carbocycles. The molecule has 32 heavy (non-hydrogen) atoms. The summed E-state index contributed by atoms with van der Waals surface area (Å²) >= 11 is 0. The highest BCUT2D eigenvalue weighted by molar-refractivity contribution is 5.90. The van der Waals surface area contributed by atoms with Crippen LogP contribution in [-0.2, 0) is 11.3 Å². The van der Waals surface area contributed by atoms with Crippen molar-refractivity contribution in [1.29, 1.82) is 0 Å². The molecule has 9 nitrogen and oxygen atoms in total. The number of H-pyrrole nitrogens is 1. The molecule has 0 fully saturated rings. The minimum Gasteiger partial charge on any atom is -0.493 e. The van der Waals surface area contributed by atoms with E-state index < -0.39 is 0 Å². The topological polar surface area (TPSA) is 95.1 Å². The van der Waals surface area contributed by atoms with Crippen LogP contribution < -0.4 is 29.4 Å². The summed E-state index contributed by atoms with van der Waals surface area (Å²) in [6, 6.07) is 9.45. The van der Waals surface area contributed by atoms with Gasteiger partial charge in [0.05, 0.1) is 33.5 Å². The number of aromatic nitrogens is 2. The number of hydrogen-bond acceptors (Lipinski definition) is 8. The molecule has 0 aliphatic carbocycles. The van der Waals surface area contributed by atoms with E-state index in [0.29, 0.717) is 48.1 Å². The van der Waals surface area contributed by atoms with E-state index in [0.717, 1.165) is 17.7 Å². The average molecular weight is 444 g/mol. The molecule has 0 amide bonds. The van der Waals surface area contributed by atoms with Crippen molar-refractivity contribution in [3.63, 3.8) is 0 Å². The lowest BCUT2D eigenvalue weighted by molar-refractivity contribution is 0.172. The van der Waals surface area contributed by atoms with Crippen molar-refractivity contribution in [1.82, 2.24) is 9.97 Å². The van der Waals surface area contributed by atoms with Crippen molar-refractivity contribution < 1.29 is 23.7 Å². The predicted octanol–water partition coefficient (Wildman–Crippen LogP) is 3.00. The van der Waals surface area contributed by atoms with E-state index in [2.05, 4.69) is 9.97 Å². The van der Waals surface area contributed by atoms with Crippen molar-refractivity contribution in [3.05, 3.63) is 46.2 Å². The first kappa shape index (κ1) is 23.2. The second-order valence-corrected chi connectivity index (χ2v) is 7.09. The summed E-state index contributed by atoms with van der Waals surface area (Å²) in [5.41, 5.74) is 1.08. The Balaban J connectivity index is 1.93. The summed E-state index contributed by atoms with van der Waals surface area (Å²) in [7, 11) is 8.00. The van der Waals surface area contributed by atoms with Gasteiger partial charge in [0.25, 0.3) is 5.56 Å². The van der Waals surface area contributed by atoms with Gasteiger partial charge in [0.2, 0.25) is 11.7 Å². The van der Waals surface area contributed by atoms with Crippen LogP contribution in [0.4, 0.5) is 5.95 Å². The van der Waals surface area contributed by atoms with Gasteiger partial charge in [0.1, 0.15) is 11.1 Å². The fourth-order valence-corrected chi connectivity index (χ4v) is 3.43. The van der Waals surface area contributed by atoms with Crippen LogP contribution in [0.5, 0.6) is 23.0 Å². The minimum atomic E-state index is -0.334. The Bertz CT molecular complexity index is 1110. The average Bonchev–Trinajstić information content (AvgIpc) is 2.81. The SMILES string of the molecule is COCCCOc1ccccc1CN(C)c1nc2cc(OC)c(OC)c(OC)c2c(=O)[nH]1. The maximum Gasteiger partial charge on any atom is 0.264 e. The quantitative estimate of drug-likeness (QED) is 0.452. The third-order valence-electron chi connectivity index (χ3n) is 4.98. The molecule has 1 N–H and O–H groups in total. The lowest BCUT2D eigenvalue weighted by Crippen LogP contribution is -2.23. The van der Waals surface area contributed by atoms with Crippen molar-refractivity contribution in [2.45, 2.75) is 13.0 Å². The molecular weight excluding hydrogens is 414 g/mol. The number of ether oxygens (including phenoxy) is 5. The number of methoxy groups -OCH3 is 4. The lowest BCUT2D eigenvalue weighted by Gasteiger charge is -2.21. The van der Waals surface area contributed by atoms with Crippen LogP contribution in [0.25, 0.3) is 10.9 Å². The van der Waals surface area contributed by atoms with Crippen LogP contribution in [0.2, 0.25) is 0 Å². The molecule has 1 aromatic heterocycles. The molecule has 2 aromatic carbocycles.